The van der Waals surface area contributed by atoms with E-state index >= 15 is 0 Å². The first-order valence-electron chi connectivity index (χ1n) is 9.96. The Hall–Kier alpha value is -1.06. The molecule has 2 rings (SSSR count). The molecule has 160 valence electrons. The van der Waals surface area contributed by atoms with Crippen LogP contribution in [0.3, 0.4) is 0 Å². The maximum Gasteiger partial charge on any atom is 0.193 e. The highest BCUT2D eigenvalue weighted by atomic mass is 127. The van der Waals surface area contributed by atoms with E-state index in [1.807, 2.05) is 19.2 Å². The van der Waals surface area contributed by atoms with Crippen LogP contribution in [0.1, 0.15) is 24.8 Å². The lowest BCUT2D eigenvalue weighted by molar-refractivity contribution is 0.0203. The smallest absolute Gasteiger partial charge is 0.193 e. The van der Waals surface area contributed by atoms with E-state index < -0.39 is 0 Å². The van der Waals surface area contributed by atoms with Crippen LogP contribution in [0.5, 0.6) is 5.75 Å². The zero-order chi connectivity index (χ0) is 19.3. The van der Waals surface area contributed by atoms with Crippen molar-refractivity contribution >= 4 is 29.9 Å². The number of halogens is 1. The predicted octanol–water partition coefficient (Wildman–Crippen LogP) is 3.33. The second-order valence-electron chi connectivity index (χ2n) is 7.04. The molecule has 1 heterocycles. The molecule has 0 bridgehead atoms. The van der Waals surface area contributed by atoms with Crippen molar-refractivity contribution in [3.8, 4) is 5.75 Å². The first kappa shape index (κ1) is 25.0. The zero-order valence-electron chi connectivity index (χ0n) is 17.5. The summed E-state index contributed by atoms with van der Waals surface area (Å²) >= 11 is 0. The summed E-state index contributed by atoms with van der Waals surface area (Å²) in [5.74, 6) is 2.45. The van der Waals surface area contributed by atoms with Gasteiger partial charge in [-0.2, -0.15) is 0 Å². The van der Waals surface area contributed by atoms with Gasteiger partial charge in [-0.05, 0) is 44.2 Å². The summed E-state index contributed by atoms with van der Waals surface area (Å²) in [6.45, 7) is 7.71. The van der Waals surface area contributed by atoms with Crippen LogP contribution in [0.4, 0.5) is 0 Å². The average Bonchev–Trinajstić information content (AvgIpc) is 2.69. The Bertz CT molecular complexity index is 548. The Labute approximate surface area is 187 Å². The van der Waals surface area contributed by atoms with Gasteiger partial charge in [0.1, 0.15) is 12.4 Å². The van der Waals surface area contributed by atoms with Crippen LogP contribution in [0.2, 0.25) is 0 Å². The fourth-order valence-corrected chi connectivity index (χ4v) is 2.96. The standard InChI is InChI=1S/C21H35N3O3.HI/c1-18-5-7-20(8-6-18)27-16-12-24(3)21(22-2)23-11-4-13-26-17-19-9-14-25-15-10-19;/h5-8,19H,4,9-17H2,1-3H3,(H,22,23);1H. The molecule has 0 amide bonds. The van der Waals surface area contributed by atoms with E-state index in [1.165, 1.54) is 5.56 Å². The second kappa shape index (κ2) is 14.9. The third-order valence-electron chi connectivity index (χ3n) is 4.73. The first-order chi connectivity index (χ1) is 13.2. The molecule has 0 aromatic heterocycles. The Balaban J connectivity index is 0.00000392. The summed E-state index contributed by atoms with van der Waals surface area (Å²) in [5, 5.41) is 3.38. The molecular weight excluding hydrogens is 469 g/mol. The minimum absolute atomic E-state index is 0. The van der Waals surface area contributed by atoms with Gasteiger partial charge in [-0.15, -0.1) is 24.0 Å². The molecule has 0 unspecified atom stereocenters. The Morgan fingerprint density at radius 1 is 1.21 bits per heavy atom. The molecular formula is C21H36IN3O3. The first-order valence-corrected chi connectivity index (χ1v) is 9.96. The van der Waals surface area contributed by atoms with Crippen molar-refractivity contribution in [2.45, 2.75) is 26.2 Å². The molecule has 0 radical (unpaired) electrons. The van der Waals surface area contributed by atoms with Gasteiger partial charge < -0.3 is 24.4 Å². The van der Waals surface area contributed by atoms with Gasteiger partial charge in [0.15, 0.2) is 5.96 Å². The maximum absolute atomic E-state index is 5.80. The highest BCUT2D eigenvalue weighted by Gasteiger charge is 2.13. The molecule has 1 aliphatic heterocycles. The summed E-state index contributed by atoms with van der Waals surface area (Å²) in [7, 11) is 3.83. The van der Waals surface area contributed by atoms with E-state index in [0.29, 0.717) is 12.5 Å². The van der Waals surface area contributed by atoms with E-state index in [0.717, 1.165) is 70.5 Å². The summed E-state index contributed by atoms with van der Waals surface area (Å²) in [4.78, 5) is 6.42. The molecule has 0 saturated carbocycles. The molecule has 0 spiro atoms. The van der Waals surface area contributed by atoms with Crippen LogP contribution < -0.4 is 10.1 Å². The summed E-state index contributed by atoms with van der Waals surface area (Å²) in [6.07, 6.45) is 3.22. The molecule has 1 fully saturated rings. The zero-order valence-corrected chi connectivity index (χ0v) is 19.8. The van der Waals surface area contributed by atoms with E-state index in [2.05, 4.69) is 34.3 Å². The number of likely N-dealkylation sites (N-methyl/N-ethyl adjacent to an activating group) is 1. The third kappa shape index (κ3) is 9.93. The number of aliphatic imine (C=N–C) groups is 1. The Morgan fingerprint density at radius 2 is 1.93 bits per heavy atom. The summed E-state index contributed by atoms with van der Waals surface area (Å²) < 4.78 is 17.0. The van der Waals surface area contributed by atoms with Gasteiger partial charge in [-0.25, -0.2) is 0 Å². The van der Waals surface area contributed by atoms with Crippen molar-refractivity contribution in [1.29, 1.82) is 0 Å². The SMILES string of the molecule is CN=C(NCCCOCC1CCOCC1)N(C)CCOc1ccc(C)cc1.I. The lowest BCUT2D eigenvalue weighted by atomic mass is 10.0. The van der Waals surface area contributed by atoms with Crippen LogP contribution in [0.25, 0.3) is 0 Å². The topological polar surface area (TPSA) is 55.3 Å². The normalized spacial score (nSPS) is 15.0. The van der Waals surface area contributed by atoms with Gasteiger partial charge in [-0.1, -0.05) is 17.7 Å². The molecule has 0 aliphatic carbocycles. The van der Waals surface area contributed by atoms with E-state index in [1.54, 1.807) is 7.05 Å². The van der Waals surface area contributed by atoms with Crippen LogP contribution in [0, 0.1) is 12.8 Å². The van der Waals surface area contributed by atoms with Crippen LogP contribution in [0.15, 0.2) is 29.3 Å². The summed E-state index contributed by atoms with van der Waals surface area (Å²) in [6, 6.07) is 8.12. The molecule has 6 nitrogen and oxygen atoms in total. The minimum atomic E-state index is 0. The van der Waals surface area contributed by atoms with Gasteiger partial charge in [-0.3, -0.25) is 4.99 Å². The number of aryl methyl sites for hydroxylation is 1. The van der Waals surface area contributed by atoms with Gasteiger partial charge in [0.05, 0.1) is 6.54 Å². The quantitative estimate of drug-likeness (QED) is 0.229. The third-order valence-corrected chi connectivity index (χ3v) is 4.73. The van der Waals surface area contributed by atoms with E-state index in [9.17, 15) is 0 Å². The molecule has 28 heavy (non-hydrogen) atoms. The van der Waals surface area contributed by atoms with Crippen molar-refractivity contribution in [3.05, 3.63) is 29.8 Å². The fraction of sp³-hybridized carbons (Fsp3) is 0.667. The van der Waals surface area contributed by atoms with Crippen molar-refractivity contribution in [2.24, 2.45) is 10.9 Å². The number of ether oxygens (including phenoxy) is 3. The van der Waals surface area contributed by atoms with E-state index in [-0.39, 0.29) is 24.0 Å². The number of hydrogen-bond acceptors (Lipinski definition) is 4. The summed E-state index contributed by atoms with van der Waals surface area (Å²) in [5.41, 5.74) is 1.24. The fourth-order valence-electron chi connectivity index (χ4n) is 2.96. The number of nitrogens with one attached hydrogen (secondary N) is 1. The molecule has 1 N–H and O–H groups in total. The van der Waals surface area contributed by atoms with Gasteiger partial charge in [0, 0.05) is 47.1 Å². The van der Waals surface area contributed by atoms with Crippen LogP contribution in [-0.4, -0.2) is 71.1 Å². The van der Waals surface area contributed by atoms with Crippen molar-refractivity contribution < 1.29 is 14.2 Å². The number of benzene rings is 1. The minimum Gasteiger partial charge on any atom is -0.492 e. The molecule has 1 aromatic rings. The lowest BCUT2D eigenvalue weighted by Crippen LogP contribution is -2.41. The van der Waals surface area contributed by atoms with Gasteiger partial charge in [0.2, 0.25) is 0 Å². The molecule has 0 atom stereocenters. The van der Waals surface area contributed by atoms with Crippen molar-refractivity contribution in [1.82, 2.24) is 10.2 Å². The highest BCUT2D eigenvalue weighted by Crippen LogP contribution is 2.14. The van der Waals surface area contributed by atoms with Crippen molar-refractivity contribution in [2.75, 3.05) is 60.2 Å². The number of hydrogen-bond donors (Lipinski definition) is 1. The lowest BCUT2D eigenvalue weighted by Gasteiger charge is -2.23. The number of nitrogens with zero attached hydrogens (tertiary/aromatic N) is 2. The second-order valence-corrected chi connectivity index (χ2v) is 7.04. The van der Waals surface area contributed by atoms with Crippen LogP contribution in [-0.2, 0) is 9.47 Å². The van der Waals surface area contributed by atoms with Gasteiger partial charge in [0.25, 0.3) is 0 Å². The predicted molar refractivity (Wildman–Crippen MR) is 125 cm³/mol. The molecule has 1 aliphatic rings. The molecule has 1 saturated heterocycles. The Morgan fingerprint density at radius 3 is 2.61 bits per heavy atom. The molecule has 7 heteroatoms. The number of rotatable bonds is 10. The highest BCUT2D eigenvalue weighted by molar-refractivity contribution is 14.0. The monoisotopic (exact) mass is 505 g/mol. The van der Waals surface area contributed by atoms with E-state index in [4.69, 9.17) is 14.2 Å². The van der Waals surface area contributed by atoms with Gasteiger partial charge >= 0.3 is 0 Å². The Kier molecular flexibility index (Phi) is 13.3. The molecule has 1 aromatic carbocycles. The maximum atomic E-state index is 5.80. The van der Waals surface area contributed by atoms with Crippen molar-refractivity contribution in [3.63, 3.8) is 0 Å². The average molecular weight is 505 g/mol. The number of guanidine groups is 1. The van der Waals surface area contributed by atoms with Crippen LogP contribution >= 0.6 is 24.0 Å². The largest absolute Gasteiger partial charge is 0.492 e.